The Balaban J connectivity index is 1.12. The van der Waals surface area contributed by atoms with E-state index in [0.717, 1.165) is 62.4 Å². The Kier molecular flexibility index (Phi) is 7.63. The number of aryl methyl sites for hydroxylation is 1. The SMILES string of the molecule is O=C1CCc2cc(OCCCC(=O)N3CCN(CC(=O)N4CCCCC4)CC3)ccc2N1. The fourth-order valence-electron chi connectivity index (χ4n) is 4.61. The van der Waals surface area contributed by atoms with E-state index >= 15 is 0 Å². The maximum atomic E-state index is 12.5. The molecule has 0 aromatic heterocycles. The Bertz CT molecular complexity index is 829. The summed E-state index contributed by atoms with van der Waals surface area (Å²) in [7, 11) is 0. The maximum absolute atomic E-state index is 12.5. The summed E-state index contributed by atoms with van der Waals surface area (Å²) in [4.78, 5) is 42.5. The summed E-state index contributed by atoms with van der Waals surface area (Å²) in [6.45, 7) is 5.62. The minimum Gasteiger partial charge on any atom is -0.494 e. The number of benzene rings is 1. The molecule has 3 aliphatic heterocycles. The van der Waals surface area contributed by atoms with Crippen LogP contribution in [0.25, 0.3) is 0 Å². The molecule has 3 aliphatic rings. The number of nitrogens with zero attached hydrogens (tertiary/aromatic N) is 3. The number of hydrogen-bond acceptors (Lipinski definition) is 5. The van der Waals surface area contributed by atoms with Gasteiger partial charge in [0, 0.05) is 57.8 Å². The van der Waals surface area contributed by atoms with Gasteiger partial charge in [0.15, 0.2) is 0 Å². The molecule has 2 fully saturated rings. The lowest BCUT2D eigenvalue weighted by Gasteiger charge is -2.36. The average Bonchev–Trinajstić information content (AvgIpc) is 2.82. The zero-order chi connectivity index (χ0) is 22.3. The van der Waals surface area contributed by atoms with Gasteiger partial charge in [0.2, 0.25) is 17.7 Å². The Hall–Kier alpha value is -2.61. The molecule has 0 bridgehead atoms. The zero-order valence-electron chi connectivity index (χ0n) is 18.8. The van der Waals surface area contributed by atoms with Gasteiger partial charge in [-0.2, -0.15) is 0 Å². The average molecular weight is 443 g/mol. The Morgan fingerprint density at radius 3 is 2.44 bits per heavy atom. The first-order chi connectivity index (χ1) is 15.6. The number of carbonyl (C=O) groups excluding carboxylic acids is 3. The van der Waals surface area contributed by atoms with Crippen molar-refractivity contribution < 1.29 is 19.1 Å². The second-order valence-electron chi connectivity index (χ2n) is 8.92. The summed E-state index contributed by atoms with van der Waals surface area (Å²) < 4.78 is 5.82. The molecule has 0 aliphatic carbocycles. The van der Waals surface area contributed by atoms with Crippen LogP contribution in [0.5, 0.6) is 5.75 Å². The molecule has 0 saturated carbocycles. The summed E-state index contributed by atoms with van der Waals surface area (Å²) >= 11 is 0. The number of hydrogen-bond donors (Lipinski definition) is 1. The number of anilines is 1. The number of likely N-dealkylation sites (tertiary alicyclic amines) is 1. The van der Waals surface area contributed by atoms with E-state index < -0.39 is 0 Å². The largest absolute Gasteiger partial charge is 0.494 e. The van der Waals surface area contributed by atoms with Crippen LogP contribution in [0.15, 0.2) is 18.2 Å². The smallest absolute Gasteiger partial charge is 0.236 e. The first-order valence-electron chi connectivity index (χ1n) is 11.9. The molecule has 4 rings (SSSR count). The first kappa shape index (κ1) is 22.6. The highest BCUT2D eigenvalue weighted by Crippen LogP contribution is 2.26. The second-order valence-corrected chi connectivity index (χ2v) is 8.92. The van der Waals surface area contributed by atoms with Gasteiger partial charge in [-0.25, -0.2) is 0 Å². The molecule has 1 aromatic rings. The summed E-state index contributed by atoms with van der Waals surface area (Å²) in [6, 6.07) is 5.71. The Labute approximate surface area is 189 Å². The van der Waals surface area contributed by atoms with Crippen molar-refractivity contribution in [2.24, 2.45) is 0 Å². The number of nitrogens with one attached hydrogen (secondary N) is 1. The molecule has 2 saturated heterocycles. The molecule has 3 heterocycles. The van der Waals surface area contributed by atoms with Gasteiger partial charge in [0.05, 0.1) is 13.2 Å². The lowest BCUT2D eigenvalue weighted by atomic mass is 10.0. The minimum absolute atomic E-state index is 0.0547. The van der Waals surface area contributed by atoms with Crippen molar-refractivity contribution in [3.63, 3.8) is 0 Å². The molecular weight excluding hydrogens is 408 g/mol. The van der Waals surface area contributed by atoms with Gasteiger partial charge in [-0.3, -0.25) is 19.3 Å². The summed E-state index contributed by atoms with van der Waals surface area (Å²) in [5.41, 5.74) is 1.95. The van der Waals surface area contributed by atoms with E-state index in [2.05, 4.69) is 10.2 Å². The number of rotatable bonds is 7. The maximum Gasteiger partial charge on any atom is 0.236 e. The lowest BCUT2D eigenvalue weighted by molar-refractivity contribution is -0.135. The van der Waals surface area contributed by atoms with Gasteiger partial charge in [-0.15, -0.1) is 0 Å². The molecule has 0 unspecified atom stereocenters. The van der Waals surface area contributed by atoms with Crippen LogP contribution in [0.1, 0.15) is 44.1 Å². The van der Waals surface area contributed by atoms with Gasteiger partial charge >= 0.3 is 0 Å². The molecule has 32 heavy (non-hydrogen) atoms. The van der Waals surface area contributed by atoms with Gasteiger partial charge in [0.1, 0.15) is 5.75 Å². The van der Waals surface area contributed by atoms with Crippen LogP contribution >= 0.6 is 0 Å². The third kappa shape index (κ3) is 6.00. The zero-order valence-corrected chi connectivity index (χ0v) is 18.8. The molecule has 8 heteroatoms. The quantitative estimate of drug-likeness (QED) is 0.652. The second kappa shape index (κ2) is 10.8. The number of piperazine rings is 1. The summed E-state index contributed by atoms with van der Waals surface area (Å²) in [6.07, 6.45) is 5.82. The number of carbonyl (C=O) groups is 3. The Morgan fingerprint density at radius 2 is 1.66 bits per heavy atom. The van der Waals surface area contributed by atoms with Crippen LogP contribution in [-0.4, -0.2) is 84.8 Å². The van der Waals surface area contributed by atoms with Gasteiger partial charge in [-0.1, -0.05) is 0 Å². The van der Waals surface area contributed by atoms with E-state index in [9.17, 15) is 14.4 Å². The van der Waals surface area contributed by atoms with Crippen molar-refractivity contribution in [3.8, 4) is 5.75 Å². The predicted octanol–water partition coefficient (Wildman–Crippen LogP) is 1.89. The van der Waals surface area contributed by atoms with E-state index in [1.54, 1.807) is 0 Å². The Morgan fingerprint density at radius 1 is 0.906 bits per heavy atom. The van der Waals surface area contributed by atoms with Crippen molar-refractivity contribution in [3.05, 3.63) is 23.8 Å². The molecule has 0 atom stereocenters. The highest BCUT2D eigenvalue weighted by Gasteiger charge is 2.24. The van der Waals surface area contributed by atoms with E-state index in [4.69, 9.17) is 4.74 Å². The molecule has 1 aromatic carbocycles. The standard InChI is InChI=1S/C24H34N4O4/c29-22-9-6-19-17-20(7-8-21(19)25-22)32-16-4-5-23(30)28-14-12-26(13-15-28)18-24(31)27-10-2-1-3-11-27/h7-8,17H,1-6,9-16,18H2,(H,25,29). The number of fused-ring (bicyclic) bond motifs is 1. The fourth-order valence-corrected chi connectivity index (χ4v) is 4.61. The monoisotopic (exact) mass is 442 g/mol. The predicted molar refractivity (Wildman–Crippen MR) is 122 cm³/mol. The van der Waals surface area contributed by atoms with Crippen molar-refractivity contribution in [2.75, 3.05) is 57.7 Å². The highest BCUT2D eigenvalue weighted by atomic mass is 16.5. The van der Waals surface area contributed by atoms with Crippen molar-refractivity contribution in [1.82, 2.24) is 14.7 Å². The molecule has 3 amide bonds. The molecule has 0 radical (unpaired) electrons. The molecule has 0 spiro atoms. The number of piperidine rings is 1. The lowest BCUT2D eigenvalue weighted by Crippen LogP contribution is -2.52. The van der Waals surface area contributed by atoms with E-state index in [-0.39, 0.29) is 17.7 Å². The molecule has 174 valence electrons. The normalized spacial score (nSPS) is 19.3. The van der Waals surface area contributed by atoms with Crippen molar-refractivity contribution >= 4 is 23.4 Å². The van der Waals surface area contributed by atoms with Crippen LogP contribution in [0, 0.1) is 0 Å². The third-order valence-corrected chi connectivity index (χ3v) is 6.57. The van der Waals surface area contributed by atoms with Crippen LogP contribution in [0.4, 0.5) is 5.69 Å². The molecule has 1 N–H and O–H groups in total. The first-order valence-corrected chi connectivity index (χ1v) is 11.9. The number of ether oxygens (including phenoxy) is 1. The van der Waals surface area contributed by atoms with Crippen LogP contribution in [-0.2, 0) is 20.8 Å². The topological polar surface area (TPSA) is 82.2 Å². The van der Waals surface area contributed by atoms with Crippen molar-refractivity contribution in [2.45, 2.75) is 44.9 Å². The molecule has 8 nitrogen and oxygen atoms in total. The van der Waals surface area contributed by atoms with Gasteiger partial charge < -0.3 is 19.9 Å². The highest BCUT2D eigenvalue weighted by molar-refractivity contribution is 5.94. The third-order valence-electron chi connectivity index (χ3n) is 6.57. The van der Waals surface area contributed by atoms with Gasteiger partial charge in [0.25, 0.3) is 0 Å². The van der Waals surface area contributed by atoms with Crippen LogP contribution < -0.4 is 10.1 Å². The summed E-state index contributed by atoms with van der Waals surface area (Å²) in [5, 5.41) is 2.87. The van der Waals surface area contributed by atoms with E-state index in [1.165, 1.54) is 6.42 Å². The van der Waals surface area contributed by atoms with E-state index in [1.807, 2.05) is 28.0 Å². The fraction of sp³-hybridized carbons (Fsp3) is 0.625. The van der Waals surface area contributed by atoms with Crippen LogP contribution in [0.3, 0.4) is 0 Å². The van der Waals surface area contributed by atoms with Gasteiger partial charge in [-0.05, 0) is 55.9 Å². The minimum atomic E-state index is 0.0547. The number of amides is 3. The molecular formula is C24H34N4O4. The van der Waals surface area contributed by atoms with Crippen molar-refractivity contribution in [1.29, 1.82) is 0 Å². The summed E-state index contributed by atoms with van der Waals surface area (Å²) in [5.74, 6) is 1.22. The van der Waals surface area contributed by atoms with Crippen LogP contribution in [0.2, 0.25) is 0 Å². The van der Waals surface area contributed by atoms with E-state index in [0.29, 0.717) is 45.5 Å².